The predicted octanol–water partition coefficient (Wildman–Crippen LogP) is 5.06. The third-order valence-corrected chi connectivity index (χ3v) is 11.7. The summed E-state index contributed by atoms with van der Waals surface area (Å²) in [5.74, 6) is 7.50. The lowest BCUT2D eigenvalue weighted by Crippen LogP contribution is -2.51. The fourth-order valence-corrected chi connectivity index (χ4v) is 10.2. The third-order valence-electron chi connectivity index (χ3n) is 11.7. The van der Waals surface area contributed by atoms with Gasteiger partial charge in [0.2, 0.25) is 0 Å². The first-order valence-corrected chi connectivity index (χ1v) is 14.3. The second kappa shape index (κ2) is 7.67. The largest absolute Gasteiger partial charge is 0.338 e. The van der Waals surface area contributed by atoms with Crippen LogP contribution in [0.1, 0.15) is 82.0 Å². The van der Waals surface area contributed by atoms with E-state index in [-0.39, 0.29) is 17.2 Å². The monoisotopic (exact) mass is 463 g/mol. The average Bonchev–Trinajstić information content (AvgIpc) is 3.27. The molecule has 0 N–H and O–H groups in total. The molecule has 1 aromatic heterocycles. The number of hydrogen-bond acceptors (Lipinski definition) is 3. The van der Waals surface area contributed by atoms with Crippen molar-refractivity contribution in [1.29, 1.82) is 0 Å². The maximum Gasteiger partial charge on any atom is 0.257 e. The zero-order chi connectivity index (χ0) is 23.2. The van der Waals surface area contributed by atoms with Crippen molar-refractivity contribution in [2.75, 3.05) is 13.1 Å². The molecule has 1 aliphatic heterocycles. The van der Waals surface area contributed by atoms with E-state index in [0.717, 1.165) is 60.9 Å². The van der Waals surface area contributed by atoms with Crippen molar-refractivity contribution in [3.05, 3.63) is 18.0 Å². The number of fused-ring (bicyclic) bond motifs is 7. The van der Waals surface area contributed by atoms with Gasteiger partial charge in [-0.1, -0.05) is 20.3 Å². The predicted molar refractivity (Wildman–Crippen MR) is 130 cm³/mol. The summed E-state index contributed by atoms with van der Waals surface area (Å²) in [6, 6.07) is 0. The molecule has 7 rings (SSSR count). The summed E-state index contributed by atoms with van der Waals surface area (Å²) >= 11 is 0. The molecular formula is C29H41N3O2. The van der Waals surface area contributed by atoms with Gasteiger partial charge in [-0.05, 0) is 104 Å². The van der Waals surface area contributed by atoms with Crippen LogP contribution >= 0.6 is 0 Å². The number of Topliss-reactive ketones (excluding diaryl/α,β-unsaturated/α-hetero) is 1. The smallest absolute Gasteiger partial charge is 0.257 e. The summed E-state index contributed by atoms with van der Waals surface area (Å²) in [4.78, 5) is 28.1. The Balaban J connectivity index is 1.08. The van der Waals surface area contributed by atoms with E-state index in [2.05, 4.69) is 18.9 Å². The fourth-order valence-electron chi connectivity index (χ4n) is 10.2. The Bertz CT molecular complexity index is 997. The molecule has 6 fully saturated rings. The highest BCUT2D eigenvalue weighted by atomic mass is 16.2. The molecule has 2 heterocycles. The topological polar surface area (TPSA) is 55.2 Å². The van der Waals surface area contributed by atoms with Gasteiger partial charge in [0.25, 0.3) is 5.91 Å². The van der Waals surface area contributed by atoms with Crippen LogP contribution in [-0.4, -0.2) is 39.5 Å². The summed E-state index contributed by atoms with van der Waals surface area (Å²) in [6.45, 7) is 6.97. The van der Waals surface area contributed by atoms with Crippen LogP contribution in [-0.2, 0) is 11.3 Å². The number of hydrogen-bond donors (Lipinski definition) is 0. The van der Waals surface area contributed by atoms with Crippen molar-refractivity contribution >= 4 is 11.7 Å². The Morgan fingerprint density at radius 3 is 2.62 bits per heavy atom. The molecule has 6 aliphatic rings. The van der Waals surface area contributed by atoms with E-state index in [1.54, 1.807) is 17.1 Å². The average molecular weight is 464 g/mol. The second-order valence-electron chi connectivity index (χ2n) is 13.4. The highest BCUT2D eigenvalue weighted by Crippen LogP contribution is 2.74. The summed E-state index contributed by atoms with van der Waals surface area (Å²) in [7, 11) is 0. The lowest BCUT2D eigenvalue weighted by molar-refractivity contribution is -0.134. The van der Waals surface area contributed by atoms with Gasteiger partial charge in [-0.2, -0.15) is 5.10 Å². The molecule has 0 aromatic carbocycles. The molecule has 1 amide bonds. The zero-order valence-corrected chi connectivity index (χ0v) is 21.0. The maximum atomic E-state index is 13.8. The van der Waals surface area contributed by atoms with Gasteiger partial charge in [0.05, 0.1) is 18.3 Å². The van der Waals surface area contributed by atoms with Crippen LogP contribution in [0, 0.1) is 58.7 Å². The normalized spacial score (nSPS) is 46.5. The van der Waals surface area contributed by atoms with Gasteiger partial charge in [-0.3, -0.25) is 14.3 Å². The van der Waals surface area contributed by atoms with Gasteiger partial charge in [-0.15, -0.1) is 0 Å². The number of amides is 1. The van der Waals surface area contributed by atoms with E-state index in [4.69, 9.17) is 0 Å². The Morgan fingerprint density at radius 1 is 1.00 bits per heavy atom. The Morgan fingerprint density at radius 2 is 1.82 bits per heavy atom. The molecule has 0 spiro atoms. The molecule has 34 heavy (non-hydrogen) atoms. The van der Waals surface area contributed by atoms with Gasteiger partial charge < -0.3 is 4.90 Å². The minimum Gasteiger partial charge on any atom is -0.338 e. The van der Waals surface area contributed by atoms with Crippen molar-refractivity contribution in [3.8, 4) is 0 Å². The van der Waals surface area contributed by atoms with Crippen molar-refractivity contribution in [2.24, 2.45) is 58.7 Å². The van der Waals surface area contributed by atoms with Crippen LogP contribution in [0.2, 0.25) is 0 Å². The number of likely N-dealkylation sites (tertiary alicyclic amines) is 1. The Kier molecular flexibility index (Phi) is 4.88. The quantitative estimate of drug-likeness (QED) is 0.627. The van der Waals surface area contributed by atoms with Gasteiger partial charge in [-0.25, -0.2) is 0 Å². The van der Waals surface area contributed by atoms with E-state index < -0.39 is 0 Å². The first-order valence-electron chi connectivity index (χ1n) is 14.3. The molecule has 0 radical (unpaired) electrons. The number of aromatic nitrogens is 2. The van der Waals surface area contributed by atoms with Crippen LogP contribution in [0.15, 0.2) is 12.4 Å². The van der Waals surface area contributed by atoms with Crippen molar-refractivity contribution in [1.82, 2.24) is 14.7 Å². The molecular weight excluding hydrogens is 422 g/mol. The molecule has 184 valence electrons. The Hall–Kier alpha value is -1.65. The van der Waals surface area contributed by atoms with Crippen LogP contribution in [0.4, 0.5) is 0 Å². The first-order chi connectivity index (χ1) is 16.4. The number of nitrogens with zero attached hydrogens (tertiary/aromatic N) is 3. The summed E-state index contributed by atoms with van der Waals surface area (Å²) in [5.41, 5.74) is 0.815. The summed E-state index contributed by atoms with van der Waals surface area (Å²) in [6.07, 6.45) is 15.7. The fraction of sp³-hybridized carbons (Fsp3) is 0.828. The van der Waals surface area contributed by atoms with Crippen LogP contribution < -0.4 is 0 Å². The molecule has 5 aliphatic carbocycles. The number of rotatable bonds is 4. The SMILES string of the molecule is C[C@H]1CC[C@H]2[C@H](CC[C@@H]3[C@@H]2CC[C@@]2(C)[C@H]3[C@@H]3C[C@@H]3[C@@H]2C(=O)Cn2cc(C(=O)N3CCC3)cn2)C1. The number of carbonyl (C=O) groups is 2. The molecule has 0 unspecified atom stereocenters. The van der Waals surface area contributed by atoms with Gasteiger partial charge in [0, 0.05) is 25.2 Å². The maximum absolute atomic E-state index is 13.8. The zero-order valence-electron chi connectivity index (χ0n) is 21.0. The first kappa shape index (κ1) is 21.6. The van der Waals surface area contributed by atoms with Gasteiger partial charge in [0.15, 0.2) is 5.78 Å². The van der Waals surface area contributed by atoms with Gasteiger partial charge in [0.1, 0.15) is 0 Å². The van der Waals surface area contributed by atoms with E-state index in [1.165, 1.54) is 51.4 Å². The highest BCUT2D eigenvalue weighted by Gasteiger charge is 2.70. The van der Waals surface area contributed by atoms with Crippen molar-refractivity contribution < 1.29 is 9.59 Å². The Labute approximate surface area is 204 Å². The van der Waals surface area contributed by atoms with Crippen LogP contribution in [0.5, 0.6) is 0 Å². The molecule has 1 aromatic rings. The van der Waals surface area contributed by atoms with E-state index in [0.29, 0.717) is 23.8 Å². The lowest BCUT2D eigenvalue weighted by Gasteiger charge is -2.57. The van der Waals surface area contributed by atoms with E-state index >= 15 is 0 Å². The third kappa shape index (κ3) is 3.13. The molecule has 1 saturated heterocycles. The van der Waals surface area contributed by atoms with Gasteiger partial charge >= 0.3 is 0 Å². The van der Waals surface area contributed by atoms with Crippen LogP contribution in [0.3, 0.4) is 0 Å². The molecule has 10 atom stereocenters. The van der Waals surface area contributed by atoms with Crippen molar-refractivity contribution in [2.45, 2.75) is 78.2 Å². The number of ketones is 1. The molecule has 5 nitrogen and oxygen atoms in total. The molecule has 0 bridgehead atoms. The van der Waals surface area contributed by atoms with E-state index in [1.807, 2.05) is 4.90 Å². The lowest BCUT2D eigenvalue weighted by atomic mass is 9.48. The number of carbonyl (C=O) groups excluding carboxylic acids is 2. The standard InChI is InChI=1S/C29H41N3O2/c1-17-4-6-20-18(12-17)5-7-22-21(20)8-9-29(2)26(22)23-13-24(23)27(29)25(33)16-32-15-19(14-30-32)28(34)31-10-3-11-31/h14-15,17-18,20-24,26-27H,3-13,16H2,1-2H3/t17-,18+,20-,21+,22+,23+,24-,26+,27+,29-/m0/s1. The van der Waals surface area contributed by atoms with Crippen molar-refractivity contribution in [3.63, 3.8) is 0 Å². The van der Waals surface area contributed by atoms with E-state index in [9.17, 15) is 9.59 Å². The highest BCUT2D eigenvalue weighted by molar-refractivity contribution is 5.94. The molecule has 5 saturated carbocycles. The minimum atomic E-state index is 0.0612. The second-order valence-corrected chi connectivity index (χ2v) is 13.4. The summed E-state index contributed by atoms with van der Waals surface area (Å²) in [5, 5.41) is 4.42. The minimum absolute atomic E-state index is 0.0612. The molecule has 5 heteroatoms. The summed E-state index contributed by atoms with van der Waals surface area (Å²) < 4.78 is 1.74. The van der Waals surface area contributed by atoms with Crippen LogP contribution in [0.25, 0.3) is 0 Å².